The Balaban J connectivity index is 1.80. The summed E-state index contributed by atoms with van der Waals surface area (Å²) in [6.07, 6.45) is 0. The van der Waals surface area contributed by atoms with Gasteiger partial charge in [0.1, 0.15) is 23.9 Å². The molecular weight excluding hydrogens is 412 g/mol. The lowest BCUT2D eigenvalue weighted by Crippen LogP contribution is -2.14. The van der Waals surface area contributed by atoms with Gasteiger partial charge in [0.05, 0.1) is 24.3 Å². The molecule has 0 heterocycles. The number of carbonyl (C=O) groups excluding carboxylic acids is 1. The number of anilines is 1. The van der Waals surface area contributed by atoms with Crippen molar-refractivity contribution in [3.8, 4) is 17.2 Å². The van der Waals surface area contributed by atoms with Gasteiger partial charge in [0.25, 0.3) is 11.6 Å². The molecule has 1 amide bonds. The van der Waals surface area contributed by atoms with Crippen LogP contribution in [0.25, 0.3) is 0 Å². The highest BCUT2D eigenvalue weighted by Crippen LogP contribution is 2.26. The van der Waals surface area contributed by atoms with Crippen molar-refractivity contribution in [2.24, 2.45) is 0 Å². The van der Waals surface area contributed by atoms with Crippen molar-refractivity contribution in [1.29, 1.82) is 0 Å². The van der Waals surface area contributed by atoms with Gasteiger partial charge < -0.3 is 19.5 Å². The van der Waals surface area contributed by atoms with Gasteiger partial charge in [0.2, 0.25) is 0 Å². The maximum atomic E-state index is 12.8. The van der Waals surface area contributed by atoms with Crippen LogP contribution in [-0.2, 0) is 6.61 Å². The number of nitro benzene ring substituents is 1. The lowest BCUT2D eigenvalue weighted by atomic mass is 10.1. The minimum Gasteiger partial charge on any atom is -0.497 e. The van der Waals surface area contributed by atoms with Crippen molar-refractivity contribution in [3.63, 3.8) is 0 Å². The Kier molecular flexibility index (Phi) is 7.28. The molecule has 0 aliphatic heterocycles. The van der Waals surface area contributed by atoms with Crippen LogP contribution in [0, 0.1) is 17.0 Å². The van der Waals surface area contributed by atoms with Crippen LogP contribution in [-0.4, -0.2) is 24.5 Å². The number of amides is 1. The number of carbonyl (C=O) groups is 1. The molecule has 3 rings (SSSR count). The van der Waals surface area contributed by atoms with E-state index < -0.39 is 4.92 Å². The highest BCUT2D eigenvalue weighted by Gasteiger charge is 2.15. The molecule has 8 heteroatoms. The monoisotopic (exact) mass is 436 g/mol. The van der Waals surface area contributed by atoms with Crippen molar-refractivity contribution < 1.29 is 23.9 Å². The van der Waals surface area contributed by atoms with E-state index in [1.807, 2.05) is 6.92 Å². The molecule has 0 fully saturated rings. The summed E-state index contributed by atoms with van der Waals surface area (Å²) in [4.78, 5) is 23.4. The second-order valence-corrected chi connectivity index (χ2v) is 6.93. The fourth-order valence-electron chi connectivity index (χ4n) is 3.02. The van der Waals surface area contributed by atoms with Gasteiger partial charge in [-0.15, -0.1) is 0 Å². The van der Waals surface area contributed by atoms with Gasteiger partial charge in [-0.2, -0.15) is 0 Å². The summed E-state index contributed by atoms with van der Waals surface area (Å²) in [5, 5.41) is 13.8. The molecule has 0 atom stereocenters. The molecule has 3 aromatic carbocycles. The number of non-ortho nitro benzene ring substituents is 1. The van der Waals surface area contributed by atoms with Crippen molar-refractivity contribution in [3.05, 3.63) is 87.5 Å². The van der Waals surface area contributed by atoms with Crippen LogP contribution in [0.3, 0.4) is 0 Å². The van der Waals surface area contributed by atoms with Crippen LogP contribution in [0.4, 0.5) is 11.4 Å². The predicted molar refractivity (Wildman–Crippen MR) is 121 cm³/mol. The number of ether oxygens (including phenoxy) is 3. The number of nitrogens with zero attached hydrogens (tertiary/aromatic N) is 1. The smallest absolute Gasteiger partial charge is 0.271 e. The Morgan fingerprint density at radius 2 is 1.72 bits per heavy atom. The highest BCUT2D eigenvalue weighted by molar-refractivity contribution is 6.05. The topological polar surface area (TPSA) is 99.9 Å². The lowest BCUT2D eigenvalue weighted by molar-refractivity contribution is -0.384. The molecule has 0 unspecified atom stereocenters. The number of hydrogen-bond donors (Lipinski definition) is 1. The first-order valence-electron chi connectivity index (χ1n) is 10.00. The van der Waals surface area contributed by atoms with Gasteiger partial charge in [-0.3, -0.25) is 14.9 Å². The zero-order chi connectivity index (χ0) is 23.1. The van der Waals surface area contributed by atoms with Gasteiger partial charge >= 0.3 is 0 Å². The van der Waals surface area contributed by atoms with E-state index in [1.165, 1.54) is 12.1 Å². The predicted octanol–water partition coefficient (Wildman–Crippen LogP) is 5.14. The molecule has 166 valence electrons. The first-order valence-corrected chi connectivity index (χ1v) is 10.00. The largest absolute Gasteiger partial charge is 0.497 e. The van der Waals surface area contributed by atoms with Crippen LogP contribution >= 0.6 is 0 Å². The van der Waals surface area contributed by atoms with E-state index in [1.54, 1.807) is 62.6 Å². The minimum atomic E-state index is -0.499. The number of nitrogens with one attached hydrogen (secondary N) is 1. The van der Waals surface area contributed by atoms with Gasteiger partial charge in [-0.05, 0) is 61.9 Å². The van der Waals surface area contributed by atoms with Crippen LogP contribution in [0.5, 0.6) is 17.2 Å². The quantitative estimate of drug-likeness (QED) is 0.368. The zero-order valence-corrected chi connectivity index (χ0v) is 18.1. The molecule has 0 bridgehead atoms. The molecule has 1 N–H and O–H groups in total. The van der Waals surface area contributed by atoms with Crippen LogP contribution in [0.2, 0.25) is 0 Å². The Labute approximate surface area is 185 Å². The molecule has 0 aromatic heterocycles. The molecular formula is C24H24N2O6. The molecule has 0 saturated carbocycles. The van der Waals surface area contributed by atoms with Gasteiger partial charge in [-0.25, -0.2) is 0 Å². The Hall–Kier alpha value is -4.07. The molecule has 0 aliphatic carbocycles. The third-order valence-corrected chi connectivity index (χ3v) is 4.76. The zero-order valence-electron chi connectivity index (χ0n) is 18.1. The number of nitro groups is 1. The molecule has 0 aliphatic rings. The third-order valence-electron chi connectivity index (χ3n) is 4.76. The number of benzene rings is 3. The summed E-state index contributed by atoms with van der Waals surface area (Å²) in [5.74, 6) is 1.60. The van der Waals surface area contributed by atoms with Crippen molar-refractivity contribution in [1.82, 2.24) is 0 Å². The Bertz CT molecular complexity index is 1110. The van der Waals surface area contributed by atoms with Crippen molar-refractivity contribution in [2.75, 3.05) is 19.0 Å². The first kappa shape index (κ1) is 22.6. The van der Waals surface area contributed by atoms with E-state index in [0.29, 0.717) is 34.9 Å². The maximum Gasteiger partial charge on any atom is 0.271 e. The maximum absolute atomic E-state index is 12.8. The summed E-state index contributed by atoms with van der Waals surface area (Å²) >= 11 is 0. The Morgan fingerprint density at radius 3 is 2.38 bits per heavy atom. The van der Waals surface area contributed by atoms with E-state index in [4.69, 9.17) is 14.2 Å². The summed E-state index contributed by atoms with van der Waals surface area (Å²) in [7, 11) is 1.59. The van der Waals surface area contributed by atoms with Gasteiger partial charge in [0.15, 0.2) is 0 Å². The van der Waals surface area contributed by atoms with Crippen molar-refractivity contribution >= 4 is 17.3 Å². The summed E-state index contributed by atoms with van der Waals surface area (Å²) in [5.41, 5.74) is 2.09. The second kappa shape index (κ2) is 10.3. The third kappa shape index (κ3) is 5.54. The summed E-state index contributed by atoms with van der Waals surface area (Å²) < 4.78 is 16.7. The average molecular weight is 436 g/mol. The summed E-state index contributed by atoms with van der Waals surface area (Å²) in [6.45, 7) is 4.30. The normalized spacial score (nSPS) is 10.3. The fourth-order valence-corrected chi connectivity index (χ4v) is 3.02. The van der Waals surface area contributed by atoms with E-state index in [0.717, 1.165) is 11.3 Å². The van der Waals surface area contributed by atoms with E-state index in [-0.39, 0.29) is 18.2 Å². The summed E-state index contributed by atoms with van der Waals surface area (Å²) in [6, 6.07) is 16.6. The minimum absolute atomic E-state index is 0.0915. The standard InChI is InChI=1S/C24H24N2O6/c1-4-31-23-12-6-17(13-18(23)15-32-21-10-8-20(30-3)9-11-21)24(27)25-22-14-19(26(28)29)7-5-16(22)2/h5-14H,4,15H2,1-3H3,(H,25,27). The number of aryl methyl sites for hydroxylation is 1. The number of methoxy groups -OCH3 is 1. The Morgan fingerprint density at radius 1 is 1.00 bits per heavy atom. The SMILES string of the molecule is CCOc1ccc(C(=O)Nc2cc([N+](=O)[O-])ccc2C)cc1COc1ccc(OC)cc1. The van der Waals surface area contributed by atoms with Crippen LogP contribution in [0.15, 0.2) is 60.7 Å². The van der Waals surface area contributed by atoms with Crippen molar-refractivity contribution in [2.45, 2.75) is 20.5 Å². The molecule has 0 radical (unpaired) electrons. The number of rotatable bonds is 9. The molecule has 3 aromatic rings. The molecule has 0 spiro atoms. The second-order valence-electron chi connectivity index (χ2n) is 6.93. The van der Waals surface area contributed by atoms with Gasteiger partial charge in [0, 0.05) is 23.3 Å². The van der Waals surface area contributed by atoms with Gasteiger partial charge in [-0.1, -0.05) is 6.07 Å². The van der Waals surface area contributed by atoms with Crippen LogP contribution in [0.1, 0.15) is 28.4 Å². The average Bonchev–Trinajstić information content (AvgIpc) is 2.80. The molecule has 0 saturated heterocycles. The van der Waals surface area contributed by atoms with E-state index in [2.05, 4.69) is 5.32 Å². The molecule has 32 heavy (non-hydrogen) atoms. The lowest BCUT2D eigenvalue weighted by Gasteiger charge is -2.14. The van der Waals surface area contributed by atoms with E-state index in [9.17, 15) is 14.9 Å². The van der Waals surface area contributed by atoms with E-state index >= 15 is 0 Å². The highest BCUT2D eigenvalue weighted by atomic mass is 16.6. The fraction of sp³-hybridized carbons (Fsp3) is 0.208. The number of hydrogen-bond acceptors (Lipinski definition) is 6. The first-order chi connectivity index (χ1) is 15.4. The van der Waals surface area contributed by atoms with Crippen LogP contribution < -0.4 is 19.5 Å². The molecule has 8 nitrogen and oxygen atoms in total.